The van der Waals surface area contributed by atoms with E-state index >= 15 is 0 Å². The molecule has 0 spiro atoms. The van der Waals surface area contributed by atoms with Crippen LogP contribution in [0.4, 0.5) is 0 Å². The molecule has 2 saturated carbocycles. The smallest absolute Gasteiger partial charge is 0.759 e. The van der Waals surface area contributed by atoms with Gasteiger partial charge >= 0.3 is 59.1 Å². The molecule has 0 aliphatic heterocycles. The molecule has 0 saturated heterocycles. The van der Waals surface area contributed by atoms with Gasteiger partial charge in [-0.15, -0.1) is 0 Å². The van der Waals surface area contributed by atoms with Crippen LogP contribution in [0.25, 0.3) is 0 Å². The van der Waals surface area contributed by atoms with E-state index in [2.05, 4.69) is 20.8 Å². The number of rotatable bonds is 0. The predicted molar refractivity (Wildman–Crippen MR) is 54.7 cm³/mol. The first kappa shape index (κ1) is 21.8. The summed E-state index contributed by atoms with van der Waals surface area (Å²) in [7, 11) is -5.17. The van der Waals surface area contributed by atoms with Crippen molar-refractivity contribution in [2.24, 2.45) is 16.7 Å². The molecule has 8 heteroatoms. The van der Waals surface area contributed by atoms with Crippen molar-refractivity contribution in [1.82, 2.24) is 0 Å². The van der Waals surface area contributed by atoms with Crippen molar-refractivity contribution >= 4 is 16.2 Å². The van der Waals surface area contributed by atoms with E-state index in [1.54, 1.807) is 0 Å². The fraction of sp³-hybridized carbons (Fsp3) is 0.900. The van der Waals surface area contributed by atoms with Crippen molar-refractivity contribution in [3.05, 3.63) is 0 Å². The molecule has 5 nitrogen and oxygen atoms in total. The molecule has 2 aliphatic rings. The number of carbonyl (C=O) groups excluding carboxylic acids is 1. The third-order valence-corrected chi connectivity index (χ3v) is 4.48. The SMILES string of the molecule is CC12CCC(CC1=O)C2(C)C.O=S(=O)([O-])[O-].[Na+].[Na+]. The molecule has 0 aromatic heterocycles. The molecule has 18 heavy (non-hydrogen) atoms. The fourth-order valence-electron chi connectivity index (χ4n) is 2.90. The maximum Gasteiger partial charge on any atom is 1.00 e. The summed E-state index contributed by atoms with van der Waals surface area (Å²) < 4.78 is 34.1. The molecule has 0 aromatic rings. The summed E-state index contributed by atoms with van der Waals surface area (Å²) in [6.45, 7) is 6.67. The Labute approximate surface area is 153 Å². The molecular formula is C10H16Na2O5S. The molecule has 2 bridgehead atoms. The summed E-state index contributed by atoms with van der Waals surface area (Å²) >= 11 is 0. The Morgan fingerprint density at radius 2 is 1.56 bits per heavy atom. The summed E-state index contributed by atoms with van der Waals surface area (Å²) in [5.74, 6) is 1.19. The summed E-state index contributed by atoms with van der Waals surface area (Å²) in [5.41, 5.74) is 0.307. The zero-order chi connectivity index (χ0) is 12.8. The van der Waals surface area contributed by atoms with Gasteiger partial charge in [-0.05, 0) is 24.2 Å². The van der Waals surface area contributed by atoms with Crippen molar-refractivity contribution in [1.29, 1.82) is 0 Å². The molecule has 2 unspecified atom stereocenters. The van der Waals surface area contributed by atoms with Gasteiger partial charge in [0.05, 0.1) is 0 Å². The number of carbonyl (C=O) groups is 1. The minimum Gasteiger partial charge on any atom is -0.759 e. The molecule has 2 atom stereocenters. The maximum atomic E-state index is 11.6. The molecule has 0 radical (unpaired) electrons. The number of ketones is 1. The van der Waals surface area contributed by atoms with E-state index in [1.165, 1.54) is 6.42 Å². The van der Waals surface area contributed by atoms with Gasteiger partial charge < -0.3 is 9.11 Å². The van der Waals surface area contributed by atoms with Crippen molar-refractivity contribution in [3.63, 3.8) is 0 Å². The Balaban J connectivity index is 0. The summed E-state index contributed by atoms with van der Waals surface area (Å²) in [4.78, 5) is 11.6. The van der Waals surface area contributed by atoms with Gasteiger partial charge in [-0.2, -0.15) is 0 Å². The Kier molecular flexibility index (Phi) is 8.49. The zero-order valence-corrected chi connectivity index (χ0v) is 16.5. The van der Waals surface area contributed by atoms with Crippen LogP contribution in [0, 0.1) is 16.7 Å². The van der Waals surface area contributed by atoms with Crippen LogP contribution in [-0.4, -0.2) is 23.3 Å². The van der Waals surface area contributed by atoms with Gasteiger partial charge in [-0.1, -0.05) is 20.8 Å². The maximum absolute atomic E-state index is 11.6. The van der Waals surface area contributed by atoms with Gasteiger partial charge in [0.15, 0.2) is 0 Å². The second-order valence-corrected chi connectivity index (χ2v) is 6.14. The van der Waals surface area contributed by atoms with Gasteiger partial charge in [-0.25, -0.2) is 0 Å². The van der Waals surface area contributed by atoms with Crippen LogP contribution >= 0.6 is 0 Å². The van der Waals surface area contributed by atoms with Gasteiger partial charge in [0.1, 0.15) is 5.78 Å². The Hall–Kier alpha value is 1.54. The Morgan fingerprint density at radius 1 is 1.17 bits per heavy atom. The van der Waals surface area contributed by atoms with E-state index < -0.39 is 10.4 Å². The van der Waals surface area contributed by atoms with E-state index in [1.807, 2.05) is 0 Å². The van der Waals surface area contributed by atoms with E-state index in [-0.39, 0.29) is 69.9 Å². The van der Waals surface area contributed by atoms with Crippen LogP contribution in [0.1, 0.15) is 40.0 Å². The fourth-order valence-corrected chi connectivity index (χ4v) is 2.90. The zero-order valence-electron chi connectivity index (χ0n) is 11.6. The molecule has 0 heterocycles. The third kappa shape index (κ3) is 4.53. The topological polar surface area (TPSA) is 97.3 Å². The van der Waals surface area contributed by atoms with E-state index in [0.717, 1.165) is 12.8 Å². The minimum atomic E-state index is -5.17. The van der Waals surface area contributed by atoms with E-state index in [0.29, 0.717) is 11.7 Å². The molecule has 94 valence electrons. The molecule has 2 fully saturated rings. The number of fused-ring (bicyclic) bond motifs is 2. The van der Waals surface area contributed by atoms with Crippen LogP contribution < -0.4 is 59.1 Å². The quantitative estimate of drug-likeness (QED) is 0.253. The van der Waals surface area contributed by atoms with Gasteiger partial charge in [0.25, 0.3) is 0 Å². The van der Waals surface area contributed by atoms with Crippen molar-refractivity contribution in [3.8, 4) is 0 Å². The van der Waals surface area contributed by atoms with Crippen LogP contribution in [0.15, 0.2) is 0 Å². The average Bonchev–Trinajstić information content (AvgIpc) is 2.33. The third-order valence-electron chi connectivity index (χ3n) is 4.48. The van der Waals surface area contributed by atoms with Crippen LogP contribution in [0.5, 0.6) is 0 Å². The van der Waals surface area contributed by atoms with Gasteiger partial charge in [-0.3, -0.25) is 13.2 Å². The number of hydrogen-bond donors (Lipinski definition) is 0. The molecule has 0 N–H and O–H groups in total. The first-order valence-electron chi connectivity index (χ1n) is 5.18. The molecule has 2 aliphatic carbocycles. The molecule has 2 rings (SSSR count). The first-order valence-corrected chi connectivity index (χ1v) is 6.52. The van der Waals surface area contributed by atoms with Gasteiger partial charge in [0.2, 0.25) is 0 Å². The Morgan fingerprint density at radius 3 is 1.67 bits per heavy atom. The second-order valence-electron chi connectivity index (χ2n) is 5.32. The largest absolute Gasteiger partial charge is 1.00 e. The summed E-state index contributed by atoms with van der Waals surface area (Å²) in [6.07, 6.45) is 3.25. The van der Waals surface area contributed by atoms with Crippen molar-refractivity contribution < 1.29 is 81.4 Å². The van der Waals surface area contributed by atoms with Crippen LogP contribution in [-0.2, 0) is 15.2 Å². The molecule has 0 amide bonds. The second kappa shape index (κ2) is 7.00. The van der Waals surface area contributed by atoms with Crippen LogP contribution in [0.3, 0.4) is 0 Å². The van der Waals surface area contributed by atoms with Crippen LogP contribution in [0.2, 0.25) is 0 Å². The van der Waals surface area contributed by atoms with E-state index in [4.69, 9.17) is 17.5 Å². The molecule has 0 aromatic carbocycles. The summed E-state index contributed by atoms with van der Waals surface area (Å²) in [5, 5.41) is 0. The minimum absolute atomic E-state index is 0. The Bertz CT molecular complexity index is 398. The van der Waals surface area contributed by atoms with E-state index in [9.17, 15) is 4.79 Å². The normalized spacial score (nSPS) is 31.8. The average molecular weight is 294 g/mol. The number of Topliss-reactive ketones (excluding diaryl/α,β-unsaturated/α-hetero) is 1. The number of hydrogen-bond acceptors (Lipinski definition) is 5. The standard InChI is InChI=1S/C10H16O.2Na.H2O4S/c1-9(2)7-4-5-10(9,3)8(11)6-7;;;1-5(2,3)4/h7H,4-6H2,1-3H3;;;(H2,1,2,3,4)/q;2*+1;/p-2. The first-order chi connectivity index (χ1) is 6.98. The summed E-state index contributed by atoms with van der Waals surface area (Å²) in [6, 6.07) is 0. The van der Waals surface area contributed by atoms with Crippen molar-refractivity contribution in [2.75, 3.05) is 0 Å². The van der Waals surface area contributed by atoms with Gasteiger partial charge in [0, 0.05) is 22.2 Å². The van der Waals surface area contributed by atoms with Crippen molar-refractivity contribution in [2.45, 2.75) is 40.0 Å². The predicted octanol–water partition coefficient (Wildman–Crippen LogP) is -4.93. The molecular weight excluding hydrogens is 278 g/mol. The monoisotopic (exact) mass is 294 g/mol.